The minimum atomic E-state index is -0.891. The molecule has 0 amide bonds. The fourth-order valence-electron chi connectivity index (χ4n) is 1.47. The van der Waals surface area contributed by atoms with Crippen molar-refractivity contribution < 1.29 is 9.90 Å². The third kappa shape index (κ3) is 1.90. The zero-order valence-electron chi connectivity index (χ0n) is 7.81. The molecule has 14 heavy (non-hydrogen) atoms. The van der Waals surface area contributed by atoms with Crippen molar-refractivity contribution >= 4 is 5.97 Å². The van der Waals surface area contributed by atoms with Crippen molar-refractivity contribution in [1.82, 2.24) is 9.88 Å². The highest BCUT2D eigenvalue weighted by Gasteiger charge is 2.14. The molecular formula is C10H12N2O2. The molecule has 2 heterocycles. The van der Waals surface area contributed by atoms with E-state index in [1.807, 2.05) is 0 Å². The molecule has 0 aliphatic carbocycles. The third-order valence-electron chi connectivity index (χ3n) is 2.40. The molecule has 0 saturated carbocycles. The Balaban J connectivity index is 2.09. The summed E-state index contributed by atoms with van der Waals surface area (Å²) in [5, 5.41) is 8.77. The lowest BCUT2D eigenvalue weighted by atomic mass is 10.2. The van der Waals surface area contributed by atoms with Crippen LogP contribution in [0.2, 0.25) is 0 Å². The molecule has 0 unspecified atom stereocenters. The molecule has 1 aliphatic rings. The molecule has 0 atom stereocenters. The van der Waals surface area contributed by atoms with E-state index in [0.717, 1.165) is 25.3 Å². The second kappa shape index (κ2) is 3.75. The number of hydrogen-bond donors (Lipinski definition) is 1. The predicted molar refractivity (Wildman–Crippen MR) is 51.1 cm³/mol. The fourth-order valence-corrected chi connectivity index (χ4v) is 1.47. The summed E-state index contributed by atoms with van der Waals surface area (Å²) in [6.45, 7) is 2.96. The highest BCUT2D eigenvalue weighted by molar-refractivity contribution is 5.87. The molecule has 1 N–H and O–H groups in total. The first kappa shape index (κ1) is 9.15. The maximum absolute atomic E-state index is 10.7. The first-order valence-corrected chi connectivity index (χ1v) is 4.66. The lowest BCUT2D eigenvalue weighted by molar-refractivity contribution is 0.0696. The zero-order chi connectivity index (χ0) is 9.97. The number of carboxylic acid groups (broad SMARTS) is 1. The van der Waals surface area contributed by atoms with E-state index in [1.54, 1.807) is 12.3 Å². The van der Waals surface area contributed by atoms with Crippen LogP contribution in [0.3, 0.4) is 0 Å². The Hall–Kier alpha value is -1.42. The molecule has 0 spiro atoms. The summed E-state index contributed by atoms with van der Waals surface area (Å²) in [7, 11) is 0. The van der Waals surface area contributed by atoms with Gasteiger partial charge in [-0.05, 0) is 31.6 Å². The largest absolute Gasteiger partial charge is 0.478 e. The predicted octanol–water partition coefficient (Wildman–Crippen LogP) is 0.986. The monoisotopic (exact) mass is 192 g/mol. The Kier molecular flexibility index (Phi) is 2.45. The molecule has 2 rings (SSSR count). The number of carbonyl (C=O) groups is 1. The minimum absolute atomic E-state index is 0.315. The minimum Gasteiger partial charge on any atom is -0.478 e. The molecule has 1 aromatic heterocycles. The summed E-state index contributed by atoms with van der Waals surface area (Å²) in [5.74, 6) is -0.891. The summed E-state index contributed by atoms with van der Waals surface area (Å²) in [4.78, 5) is 17.1. The van der Waals surface area contributed by atoms with Crippen LogP contribution in [0, 0.1) is 0 Å². The maximum atomic E-state index is 10.7. The summed E-state index contributed by atoms with van der Waals surface area (Å²) in [6, 6.07) is 3.16. The molecule has 1 aliphatic heterocycles. The Morgan fingerprint density at radius 1 is 1.57 bits per heavy atom. The van der Waals surface area contributed by atoms with Gasteiger partial charge in [-0.3, -0.25) is 9.88 Å². The maximum Gasteiger partial charge on any atom is 0.335 e. The molecule has 1 saturated heterocycles. The standard InChI is InChI=1S/C10H12N2O2/c13-10(14)8-2-3-11-9(6-8)7-12-4-1-5-12/h2-3,6H,1,4-5,7H2,(H,13,14). The molecule has 0 aromatic carbocycles. The smallest absolute Gasteiger partial charge is 0.335 e. The van der Waals surface area contributed by atoms with E-state index < -0.39 is 5.97 Å². The van der Waals surface area contributed by atoms with Crippen LogP contribution >= 0.6 is 0 Å². The van der Waals surface area contributed by atoms with Crippen molar-refractivity contribution in [2.75, 3.05) is 13.1 Å². The average Bonchev–Trinajstić information content (AvgIpc) is 2.12. The van der Waals surface area contributed by atoms with Crippen LogP contribution in [-0.4, -0.2) is 34.0 Å². The van der Waals surface area contributed by atoms with Crippen molar-refractivity contribution in [3.63, 3.8) is 0 Å². The lowest BCUT2D eigenvalue weighted by Gasteiger charge is -2.30. The quantitative estimate of drug-likeness (QED) is 0.775. The second-order valence-electron chi connectivity index (χ2n) is 3.47. The van der Waals surface area contributed by atoms with Gasteiger partial charge in [-0.15, -0.1) is 0 Å². The number of pyridine rings is 1. The van der Waals surface area contributed by atoms with Crippen LogP contribution in [0.15, 0.2) is 18.3 Å². The van der Waals surface area contributed by atoms with Crippen molar-refractivity contribution in [2.45, 2.75) is 13.0 Å². The van der Waals surface area contributed by atoms with Gasteiger partial charge in [0.1, 0.15) is 0 Å². The highest BCUT2D eigenvalue weighted by Crippen LogP contribution is 2.11. The molecule has 0 bridgehead atoms. The van der Waals surface area contributed by atoms with Gasteiger partial charge in [-0.25, -0.2) is 4.79 Å². The Morgan fingerprint density at radius 3 is 2.93 bits per heavy atom. The number of likely N-dealkylation sites (tertiary alicyclic amines) is 1. The Morgan fingerprint density at radius 2 is 2.36 bits per heavy atom. The summed E-state index contributed by atoms with van der Waals surface area (Å²) >= 11 is 0. The normalized spacial score (nSPS) is 16.3. The van der Waals surface area contributed by atoms with Crippen LogP contribution in [0.1, 0.15) is 22.5 Å². The van der Waals surface area contributed by atoms with Gasteiger partial charge < -0.3 is 5.11 Å². The topological polar surface area (TPSA) is 53.4 Å². The fraction of sp³-hybridized carbons (Fsp3) is 0.400. The zero-order valence-corrected chi connectivity index (χ0v) is 7.81. The van der Waals surface area contributed by atoms with Crippen LogP contribution in [-0.2, 0) is 6.54 Å². The van der Waals surface area contributed by atoms with Gasteiger partial charge in [0, 0.05) is 12.7 Å². The molecule has 74 valence electrons. The first-order valence-electron chi connectivity index (χ1n) is 4.66. The van der Waals surface area contributed by atoms with Crippen LogP contribution in [0.25, 0.3) is 0 Å². The van der Waals surface area contributed by atoms with Crippen molar-refractivity contribution in [2.24, 2.45) is 0 Å². The van der Waals surface area contributed by atoms with E-state index in [0.29, 0.717) is 5.56 Å². The SMILES string of the molecule is O=C(O)c1ccnc(CN2CCC2)c1. The van der Waals surface area contributed by atoms with E-state index in [4.69, 9.17) is 5.11 Å². The van der Waals surface area contributed by atoms with Crippen LogP contribution < -0.4 is 0 Å². The van der Waals surface area contributed by atoms with Crippen molar-refractivity contribution in [1.29, 1.82) is 0 Å². The van der Waals surface area contributed by atoms with Gasteiger partial charge in [0.2, 0.25) is 0 Å². The van der Waals surface area contributed by atoms with E-state index in [1.165, 1.54) is 12.5 Å². The first-order chi connectivity index (χ1) is 6.75. The lowest BCUT2D eigenvalue weighted by Crippen LogP contribution is -2.36. The molecule has 0 radical (unpaired) electrons. The van der Waals surface area contributed by atoms with E-state index in [-0.39, 0.29) is 0 Å². The average molecular weight is 192 g/mol. The molecule has 4 heteroatoms. The van der Waals surface area contributed by atoms with Crippen LogP contribution in [0.4, 0.5) is 0 Å². The number of aromatic carboxylic acids is 1. The van der Waals surface area contributed by atoms with Gasteiger partial charge in [0.25, 0.3) is 0 Å². The van der Waals surface area contributed by atoms with Gasteiger partial charge in [-0.1, -0.05) is 0 Å². The molecule has 1 aromatic rings. The molecular weight excluding hydrogens is 180 g/mol. The summed E-state index contributed by atoms with van der Waals surface area (Å²) in [6.07, 6.45) is 2.79. The van der Waals surface area contributed by atoms with Gasteiger partial charge in [-0.2, -0.15) is 0 Å². The second-order valence-corrected chi connectivity index (χ2v) is 3.47. The number of carboxylic acids is 1. The highest BCUT2D eigenvalue weighted by atomic mass is 16.4. The van der Waals surface area contributed by atoms with Gasteiger partial charge in [0.15, 0.2) is 0 Å². The number of rotatable bonds is 3. The number of nitrogens with zero attached hydrogens (tertiary/aromatic N) is 2. The van der Waals surface area contributed by atoms with Crippen LogP contribution in [0.5, 0.6) is 0 Å². The van der Waals surface area contributed by atoms with Gasteiger partial charge in [0.05, 0.1) is 11.3 Å². The third-order valence-corrected chi connectivity index (χ3v) is 2.40. The Bertz CT molecular complexity index is 348. The summed E-state index contributed by atoms with van der Waals surface area (Å²) in [5.41, 5.74) is 1.15. The van der Waals surface area contributed by atoms with E-state index >= 15 is 0 Å². The number of aromatic nitrogens is 1. The van der Waals surface area contributed by atoms with E-state index in [2.05, 4.69) is 9.88 Å². The van der Waals surface area contributed by atoms with E-state index in [9.17, 15) is 4.79 Å². The Labute approximate surface area is 82.2 Å². The molecule has 1 fully saturated rings. The summed E-state index contributed by atoms with van der Waals surface area (Å²) < 4.78 is 0. The van der Waals surface area contributed by atoms with Gasteiger partial charge >= 0.3 is 5.97 Å². The van der Waals surface area contributed by atoms with Crippen molar-refractivity contribution in [3.8, 4) is 0 Å². The van der Waals surface area contributed by atoms with Crippen molar-refractivity contribution in [3.05, 3.63) is 29.6 Å². The number of hydrogen-bond acceptors (Lipinski definition) is 3. The molecule has 4 nitrogen and oxygen atoms in total.